The predicted octanol–water partition coefficient (Wildman–Crippen LogP) is 4.09. The van der Waals surface area contributed by atoms with Crippen molar-refractivity contribution in [3.8, 4) is 11.1 Å². The van der Waals surface area contributed by atoms with Gasteiger partial charge in [0, 0.05) is 12.1 Å². The molecule has 0 fully saturated rings. The maximum Gasteiger partial charge on any atom is 0.317 e. The largest absolute Gasteiger partial charge is 0.480 e. The number of carboxylic acid groups (broad SMARTS) is 1. The van der Waals surface area contributed by atoms with Gasteiger partial charge >= 0.3 is 5.97 Å². The minimum atomic E-state index is -0.806. The van der Waals surface area contributed by atoms with Gasteiger partial charge < -0.3 is 10.4 Å². The molecule has 26 heavy (non-hydrogen) atoms. The normalized spacial score (nSPS) is 16.2. The Hall–Kier alpha value is -2.60. The third-order valence-electron chi connectivity index (χ3n) is 4.07. The molecule has 2 aromatic carbocycles. The van der Waals surface area contributed by atoms with E-state index in [1.807, 2.05) is 12.1 Å². The number of hydrogen-bond donors (Lipinski definition) is 2. The zero-order chi connectivity index (χ0) is 18.5. The van der Waals surface area contributed by atoms with E-state index in [1.165, 1.54) is 23.9 Å². The van der Waals surface area contributed by atoms with Gasteiger partial charge in [0.05, 0.1) is 0 Å². The van der Waals surface area contributed by atoms with Crippen LogP contribution in [0.2, 0.25) is 0 Å². The first-order valence-electron chi connectivity index (χ1n) is 8.25. The Balaban J connectivity index is 1.57. The average molecular weight is 371 g/mol. The molecule has 0 saturated carbocycles. The Labute approximate surface area is 155 Å². The van der Waals surface area contributed by atoms with Crippen LogP contribution in [0.4, 0.5) is 4.39 Å². The van der Waals surface area contributed by atoms with Gasteiger partial charge in [-0.2, -0.15) is 0 Å². The number of amides is 1. The molecule has 2 N–H and O–H groups in total. The lowest BCUT2D eigenvalue weighted by Gasteiger charge is -2.08. The molecule has 1 amide bonds. The number of carbonyl (C=O) groups excluding carboxylic acids is 1. The first-order valence-corrected chi connectivity index (χ1v) is 9.13. The van der Waals surface area contributed by atoms with Crippen LogP contribution in [0.15, 0.2) is 59.5 Å². The number of hydrogen-bond acceptors (Lipinski definition) is 3. The van der Waals surface area contributed by atoms with Gasteiger partial charge in [0.2, 0.25) is 0 Å². The molecule has 4 nitrogen and oxygen atoms in total. The molecular formula is C20H18FNO3S. The maximum absolute atomic E-state index is 13.4. The van der Waals surface area contributed by atoms with E-state index in [9.17, 15) is 14.0 Å². The first kappa shape index (κ1) is 18.2. The fourth-order valence-corrected chi connectivity index (χ4v) is 3.81. The van der Waals surface area contributed by atoms with Crippen molar-refractivity contribution in [1.29, 1.82) is 0 Å². The van der Waals surface area contributed by atoms with E-state index in [0.717, 1.165) is 10.5 Å². The molecule has 0 saturated heterocycles. The predicted molar refractivity (Wildman–Crippen MR) is 101 cm³/mol. The number of allylic oxidation sites excluding steroid dienone is 1. The number of carbonyl (C=O) groups is 2. The summed E-state index contributed by atoms with van der Waals surface area (Å²) in [6.07, 6.45) is 3.06. The van der Waals surface area contributed by atoms with E-state index >= 15 is 0 Å². The standard InChI is InChI=1S/C20H18FNO3S/c21-16-6-2-4-14(12-16)13-3-1-5-15(11-13)19(23)22-10-9-17-7-8-18(26-17)20(24)25/h1-7,11-12,18H,8-10H2,(H,22,23)(H,24,25). The van der Waals surface area contributed by atoms with Crippen molar-refractivity contribution in [2.45, 2.75) is 18.1 Å². The average Bonchev–Trinajstić information content (AvgIpc) is 3.11. The van der Waals surface area contributed by atoms with Gasteiger partial charge in [0.25, 0.3) is 5.91 Å². The Morgan fingerprint density at radius 3 is 2.58 bits per heavy atom. The molecule has 0 bridgehead atoms. The van der Waals surface area contributed by atoms with Crippen molar-refractivity contribution < 1.29 is 19.1 Å². The van der Waals surface area contributed by atoms with E-state index < -0.39 is 11.2 Å². The Morgan fingerprint density at radius 1 is 1.15 bits per heavy atom. The van der Waals surface area contributed by atoms with Crippen molar-refractivity contribution in [1.82, 2.24) is 5.32 Å². The second-order valence-electron chi connectivity index (χ2n) is 5.95. The van der Waals surface area contributed by atoms with Crippen LogP contribution in [0.5, 0.6) is 0 Å². The molecule has 134 valence electrons. The van der Waals surface area contributed by atoms with Crippen LogP contribution in [-0.4, -0.2) is 28.8 Å². The van der Waals surface area contributed by atoms with Gasteiger partial charge in [-0.25, -0.2) is 4.39 Å². The quantitative estimate of drug-likeness (QED) is 0.803. The third-order valence-corrected chi connectivity index (χ3v) is 5.42. The van der Waals surface area contributed by atoms with Crippen LogP contribution in [0.25, 0.3) is 11.1 Å². The molecule has 1 atom stereocenters. The maximum atomic E-state index is 13.4. The van der Waals surface area contributed by atoms with Gasteiger partial charge in [-0.3, -0.25) is 9.59 Å². The molecule has 1 aliphatic rings. The molecule has 1 heterocycles. The van der Waals surface area contributed by atoms with Crippen LogP contribution in [0.3, 0.4) is 0 Å². The zero-order valence-electron chi connectivity index (χ0n) is 13.9. The summed E-state index contributed by atoms with van der Waals surface area (Å²) < 4.78 is 13.4. The number of aliphatic carboxylic acids is 1. The summed E-state index contributed by atoms with van der Waals surface area (Å²) in [6.45, 7) is 0.439. The first-order chi connectivity index (χ1) is 12.5. The second kappa shape index (κ2) is 8.19. The molecule has 1 unspecified atom stereocenters. The number of rotatable bonds is 6. The summed E-state index contributed by atoms with van der Waals surface area (Å²) in [6, 6.07) is 13.3. The summed E-state index contributed by atoms with van der Waals surface area (Å²) in [5.74, 6) is -1.33. The van der Waals surface area contributed by atoms with Crippen LogP contribution >= 0.6 is 11.8 Å². The van der Waals surface area contributed by atoms with E-state index in [2.05, 4.69) is 5.32 Å². The van der Waals surface area contributed by atoms with E-state index in [-0.39, 0.29) is 11.7 Å². The Morgan fingerprint density at radius 2 is 1.88 bits per heavy atom. The van der Waals surface area contributed by atoms with Crippen LogP contribution in [0, 0.1) is 5.82 Å². The van der Waals surface area contributed by atoms with Crippen LogP contribution in [0.1, 0.15) is 23.2 Å². The van der Waals surface area contributed by atoms with Crippen molar-refractivity contribution in [2.24, 2.45) is 0 Å². The monoisotopic (exact) mass is 371 g/mol. The summed E-state index contributed by atoms with van der Waals surface area (Å²) in [5.41, 5.74) is 1.99. The van der Waals surface area contributed by atoms with Crippen molar-refractivity contribution in [3.05, 3.63) is 70.9 Å². The van der Waals surface area contributed by atoms with E-state index in [1.54, 1.807) is 30.3 Å². The summed E-state index contributed by atoms with van der Waals surface area (Å²) in [5, 5.41) is 11.4. The van der Waals surface area contributed by atoms with Gasteiger partial charge in [-0.15, -0.1) is 11.8 Å². The lowest BCUT2D eigenvalue weighted by Crippen LogP contribution is -2.24. The molecule has 3 rings (SSSR count). The number of nitrogens with one attached hydrogen (secondary N) is 1. The topological polar surface area (TPSA) is 66.4 Å². The highest BCUT2D eigenvalue weighted by Gasteiger charge is 2.23. The summed E-state index contributed by atoms with van der Waals surface area (Å²) in [4.78, 5) is 24.3. The molecule has 1 aliphatic heterocycles. The smallest absolute Gasteiger partial charge is 0.317 e. The molecular weight excluding hydrogens is 353 g/mol. The van der Waals surface area contributed by atoms with Gasteiger partial charge in [-0.05, 0) is 53.1 Å². The van der Waals surface area contributed by atoms with Gasteiger partial charge in [0.1, 0.15) is 11.1 Å². The van der Waals surface area contributed by atoms with Crippen molar-refractivity contribution >= 4 is 23.6 Å². The molecule has 6 heteroatoms. The highest BCUT2D eigenvalue weighted by Crippen LogP contribution is 2.34. The number of carboxylic acids is 1. The zero-order valence-corrected chi connectivity index (χ0v) is 14.8. The van der Waals surface area contributed by atoms with Gasteiger partial charge in [0.15, 0.2) is 0 Å². The summed E-state index contributed by atoms with van der Waals surface area (Å²) in [7, 11) is 0. The lowest BCUT2D eigenvalue weighted by molar-refractivity contribution is -0.136. The Bertz CT molecular complexity index is 866. The third kappa shape index (κ3) is 4.52. The molecule has 0 aliphatic carbocycles. The lowest BCUT2D eigenvalue weighted by atomic mass is 10.0. The molecule has 2 aromatic rings. The van der Waals surface area contributed by atoms with Crippen molar-refractivity contribution in [3.63, 3.8) is 0 Å². The summed E-state index contributed by atoms with van der Waals surface area (Å²) >= 11 is 1.34. The van der Waals surface area contributed by atoms with E-state index in [0.29, 0.717) is 30.5 Å². The highest BCUT2D eigenvalue weighted by atomic mass is 32.2. The van der Waals surface area contributed by atoms with E-state index in [4.69, 9.17) is 5.11 Å². The van der Waals surface area contributed by atoms with Gasteiger partial charge in [-0.1, -0.05) is 30.3 Å². The minimum absolute atomic E-state index is 0.207. The number of halogens is 1. The highest BCUT2D eigenvalue weighted by molar-refractivity contribution is 8.04. The molecule has 0 radical (unpaired) electrons. The van der Waals surface area contributed by atoms with Crippen LogP contribution in [-0.2, 0) is 4.79 Å². The number of benzene rings is 2. The molecule has 0 spiro atoms. The van der Waals surface area contributed by atoms with Crippen molar-refractivity contribution in [2.75, 3.05) is 6.54 Å². The fourth-order valence-electron chi connectivity index (χ4n) is 2.74. The fraction of sp³-hybridized carbons (Fsp3) is 0.200. The SMILES string of the molecule is O=C(NCCC1=CCC(C(=O)O)S1)c1cccc(-c2cccc(F)c2)c1. The second-order valence-corrected chi connectivity index (χ2v) is 7.28. The number of thioether (sulfide) groups is 1. The van der Waals surface area contributed by atoms with Crippen LogP contribution < -0.4 is 5.32 Å². The molecule has 0 aromatic heterocycles. The minimum Gasteiger partial charge on any atom is -0.480 e. The Kier molecular flexibility index (Phi) is 5.73.